The van der Waals surface area contributed by atoms with Gasteiger partial charge in [-0.15, -0.1) is 0 Å². The Hall–Kier alpha value is -1.13. The van der Waals surface area contributed by atoms with Crippen LogP contribution in [0.2, 0.25) is 5.02 Å². The topological polar surface area (TPSA) is 46.3 Å². The molecular formula is C14H18ClFN2O. The van der Waals surface area contributed by atoms with E-state index in [4.69, 9.17) is 17.3 Å². The minimum absolute atomic E-state index is 0.00980. The van der Waals surface area contributed by atoms with Gasteiger partial charge in [0, 0.05) is 19.1 Å². The molecule has 0 saturated carbocycles. The van der Waals surface area contributed by atoms with E-state index in [0.717, 1.165) is 12.8 Å². The van der Waals surface area contributed by atoms with Crippen molar-refractivity contribution < 1.29 is 9.18 Å². The highest BCUT2D eigenvalue weighted by atomic mass is 35.5. The molecule has 104 valence electrons. The van der Waals surface area contributed by atoms with Crippen molar-refractivity contribution in [3.8, 4) is 0 Å². The maximum Gasteiger partial charge on any atom is 0.255 e. The summed E-state index contributed by atoms with van der Waals surface area (Å²) in [4.78, 5) is 14.2. The third-order valence-electron chi connectivity index (χ3n) is 3.69. The lowest BCUT2D eigenvalue weighted by molar-refractivity contribution is 0.0573. The molecule has 0 radical (unpaired) electrons. The minimum atomic E-state index is -0.567. The Balaban J connectivity index is 2.25. The zero-order valence-electron chi connectivity index (χ0n) is 10.9. The molecule has 1 aliphatic rings. The monoisotopic (exact) mass is 284 g/mol. The number of carbonyl (C=O) groups is 1. The molecule has 1 aromatic rings. The zero-order valence-corrected chi connectivity index (χ0v) is 11.7. The van der Waals surface area contributed by atoms with E-state index in [1.165, 1.54) is 12.1 Å². The first-order chi connectivity index (χ1) is 9.04. The molecule has 3 nitrogen and oxygen atoms in total. The number of halogens is 2. The predicted octanol–water partition coefficient (Wildman–Crippen LogP) is 2.68. The molecule has 0 spiro atoms. The fraction of sp³-hybridized carbons (Fsp3) is 0.500. The SMILES string of the molecule is CC1CCN(C(=O)c2cccc(F)c2Cl)C(CN)C1. The lowest BCUT2D eigenvalue weighted by atomic mass is 9.92. The van der Waals surface area contributed by atoms with Gasteiger partial charge in [-0.05, 0) is 30.9 Å². The van der Waals surface area contributed by atoms with Crippen LogP contribution in [-0.4, -0.2) is 29.9 Å². The molecule has 0 bridgehead atoms. The van der Waals surface area contributed by atoms with Crippen LogP contribution < -0.4 is 5.73 Å². The molecule has 19 heavy (non-hydrogen) atoms. The number of likely N-dealkylation sites (tertiary alicyclic amines) is 1. The van der Waals surface area contributed by atoms with E-state index in [-0.39, 0.29) is 22.5 Å². The van der Waals surface area contributed by atoms with Gasteiger partial charge < -0.3 is 10.6 Å². The van der Waals surface area contributed by atoms with Gasteiger partial charge in [0.15, 0.2) is 0 Å². The Morgan fingerprint density at radius 2 is 2.32 bits per heavy atom. The lowest BCUT2D eigenvalue weighted by Crippen LogP contribution is -2.49. The van der Waals surface area contributed by atoms with Crippen LogP contribution in [0.25, 0.3) is 0 Å². The molecule has 1 saturated heterocycles. The van der Waals surface area contributed by atoms with Gasteiger partial charge in [0.1, 0.15) is 5.82 Å². The molecule has 2 unspecified atom stereocenters. The molecule has 2 rings (SSSR count). The molecular weight excluding hydrogens is 267 g/mol. The Labute approximate surface area is 117 Å². The quantitative estimate of drug-likeness (QED) is 0.907. The molecule has 1 aromatic carbocycles. The van der Waals surface area contributed by atoms with E-state index >= 15 is 0 Å². The molecule has 0 aromatic heterocycles. The third kappa shape index (κ3) is 2.90. The minimum Gasteiger partial charge on any atom is -0.334 e. The number of hydrogen-bond donors (Lipinski definition) is 1. The molecule has 0 aliphatic carbocycles. The number of benzene rings is 1. The molecule has 2 N–H and O–H groups in total. The van der Waals surface area contributed by atoms with Gasteiger partial charge >= 0.3 is 0 Å². The summed E-state index contributed by atoms with van der Waals surface area (Å²) in [5, 5.41) is -0.109. The summed E-state index contributed by atoms with van der Waals surface area (Å²) in [6.07, 6.45) is 1.82. The fourth-order valence-corrected chi connectivity index (χ4v) is 2.77. The van der Waals surface area contributed by atoms with E-state index < -0.39 is 5.82 Å². The van der Waals surface area contributed by atoms with Crippen molar-refractivity contribution in [2.24, 2.45) is 11.7 Å². The molecule has 1 heterocycles. The van der Waals surface area contributed by atoms with Gasteiger partial charge in [-0.3, -0.25) is 4.79 Å². The highest BCUT2D eigenvalue weighted by Crippen LogP contribution is 2.27. The van der Waals surface area contributed by atoms with Crippen molar-refractivity contribution in [3.05, 3.63) is 34.6 Å². The number of nitrogens with two attached hydrogens (primary N) is 1. The lowest BCUT2D eigenvalue weighted by Gasteiger charge is -2.38. The van der Waals surface area contributed by atoms with E-state index in [9.17, 15) is 9.18 Å². The summed E-state index contributed by atoms with van der Waals surface area (Å²) >= 11 is 5.87. The Morgan fingerprint density at radius 1 is 1.58 bits per heavy atom. The zero-order chi connectivity index (χ0) is 14.0. The van der Waals surface area contributed by atoms with Crippen LogP contribution in [0.4, 0.5) is 4.39 Å². The van der Waals surface area contributed by atoms with Gasteiger partial charge in [0.05, 0.1) is 10.6 Å². The van der Waals surface area contributed by atoms with Gasteiger partial charge in [-0.1, -0.05) is 24.6 Å². The number of hydrogen-bond acceptors (Lipinski definition) is 2. The summed E-state index contributed by atoms with van der Waals surface area (Å²) in [6.45, 7) is 3.22. The van der Waals surface area contributed by atoms with Crippen LogP contribution in [0.1, 0.15) is 30.1 Å². The molecule has 1 amide bonds. The van der Waals surface area contributed by atoms with Gasteiger partial charge in [0.25, 0.3) is 5.91 Å². The second kappa shape index (κ2) is 5.88. The normalized spacial score (nSPS) is 23.5. The number of carbonyl (C=O) groups excluding carboxylic acids is 1. The van der Waals surface area contributed by atoms with Crippen LogP contribution >= 0.6 is 11.6 Å². The Bertz CT molecular complexity index is 481. The fourth-order valence-electron chi connectivity index (χ4n) is 2.57. The van der Waals surface area contributed by atoms with E-state index in [0.29, 0.717) is 19.0 Å². The van der Waals surface area contributed by atoms with Crippen LogP contribution in [0.15, 0.2) is 18.2 Å². The molecule has 2 atom stereocenters. The van der Waals surface area contributed by atoms with E-state index in [2.05, 4.69) is 6.92 Å². The third-order valence-corrected chi connectivity index (χ3v) is 4.08. The number of amides is 1. The second-order valence-corrected chi connectivity index (χ2v) is 5.50. The average molecular weight is 285 g/mol. The molecule has 1 aliphatic heterocycles. The highest BCUT2D eigenvalue weighted by Gasteiger charge is 2.30. The summed E-state index contributed by atoms with van der Waals surface area (Å²) < 4.78 is 13.4. The summed E-state index contributed by atoms with van der Waals surface area (Å²) in [5.41, 5.74) is 5.96. The number of rotatable bonds is 2. The number of nitrogens with zero attached hydrogens (tertiary/aromatic N) is 1. The standard InChI is InChI=1S/C14H18ClFN2O/c1-9-5-6-18(10(7-9)8-17)14(19)11-3-2-4-12(16)13(11)15/h2-4,9-10H,5-8,17H2,1H3. The van der Waals surface area contributed by atoms with Gasteiger partial charge in [-0.25, -0.2) is 4.39 Å². The predicted molar refractivity (Wildman–Crippen MR) is 73.7 cm³/mol. The molecule has 1 fully saturated rings. The van der Waals surface area contributed by atoms with Crippen molar-refractivity contribution in [2.45, 2.75) is 25.8 Å². The van der Waals surface area contributed by atoms with E-state index in [1.54, 1.807) is 11.0 Å². The summed E-state index contributed by atoms with van der Waals surface area (Å²) in [5.74, 6) is -0.241. The van der Waals surface area contributed by atoms with Crippen LogP contribution in [0.3, 0.4) is 0 Å². The summed E-state index contributed by atoms with van der Waals surface area (Å²) in [7, 11) is 0. The maximum atomic E-state index is 13.4. The average Bonchev–Trinajstić information content (AvgIpc) is 2.41. The summed E-state index contributed by atoms with van der Waals surface area (Å²) in [6, 6.07) is 4.31. The van der Waals surface area contributed by atoms with Crippen molar-refractivity contribution in [1.29, 1.82) is 0 Å². The van der Waals surface area contributed by atoms with Crippen molar-refractivity contribution in [3.63, 3.8) is 0 Å². The second-order valence-electron chi connectivity index (χ2n) is 5.12. The van der Waals surface area contributed by atoms with E-state index in [1.807, 2.05) is 0 Å². The highest BCUT2D eigenvalue weighted by molar-refractivity contribution is 6.34. The van der Waals surface area contributed by atoms with Crippen LogP contribution in [0, 0.1) is 11.7 Å². The Kier molecular flexibility index (Phi) is 4.42. The Morgan fingerprint density at radius 3 is 3.00 bits per heavy atom. The first kappa shape index (κ1) is 14.3. The maximum absolute atomic E-state index is 13.4. The largest absolute Gasteiger partial charge is 0.334 e. The van der Waals surface area contributed by atoms with Gasteiger partial charge in [0.2, 0.25) is 0 Å². The first-order valence-corrected chi connectivity index (χ1v) is 6.87. The smallest absolute Gasteiger partial charge is 0.255 e. The van der Waals surface area contributed by atoms with Crippen LogP contribution in [0.5, 0.6) is 0 Å². The van der Waals surface area contributed by atoms with Crippen molar-refractivity contribution in [1.82, 2.24) is 4.90 Å². The first-order valence-electron chi connectivity index (χ1n) is 6.49. The van der Waals surface area contributed by atoms with Crippen LogP contribution in [-0.2, 0) is 0 Å². The van der Waals surface area contributed by atoms with Crippen molar-refractivity contribution in [2.75, 3.05) is 13.1 Å². The van der Waals surface area contributed by atoms with Crippen molar-refractivity contribution >= 4 is 17.5 Å². The number of piperidine rings is 1. The van der Waals surface area contributed by atoms with Gasteiger partial charge in [-0.2, -0.15) is 0 Å². The molecule has 5 heteroatoms.